The van der Waals surface area contributed by atoms with Gasteiger partial charge in [0.25, 0.3) is 8.89 Å². The van der Waals surface area contributed by atoms with Gasteiger partial charge in [0.2, 0.25) is 0 Å². The molecular formula is C8H14O4S6. The van der Waals surface area contributed by atoms with E-state index in [2.05, 4.69) is 0 Å². The molecule has 4 nitrogen and oxygen atoms in total. The molecule has 0 rings (SSSR count). The van der Waals surface area contributed by atoms with Crippen molar-refractivity contribution in [2.75, 3.05) is 24.7 Å². The van der Waals surface area contributed by atoms with Crippen LogP contribution in [0.3, 0.4) is 0 Å². The maximum absolute atomic E-state index is 11.2. The Morgan fingerprint density at radius 1 is 0.833 bits per heavy atom. The minimum Gasteiger partial charge on any atom is -0.308 e. The highest BCUT2D eigenvalue weighted by Gasteiger charge is 2.06. The topological polar surface area (TPSA) is 52.6 Å². The van der Waals surface area contributed by atoms with Crippen molar-refractivity contribution in [2.24, 2.45) is 0 Å². The summed E-state index contributed by atoms with van der Waals surface area (Å²) in [4.78, 5) is 22.3. The van der Waals surface area contributed by atoms with E-state index in [1.54, 1.807) is 0 Å². The van der Waals surface area contributed by atoms with Crippen molar-refractivity contribution >= 4 is 76.2 Å². The van der Waals surface area contributed by atoms with Crippen LogP contribution in [0.4, 0.5) is 9.59 Å². The largest absolute Gasteiger partial charge is 0.308 e. The quantitative estimate of drug-likeness (QED) is 0.303. The molecule has 0 saturated carbocycles. The molecule has 0 atom stereocenters. The van der Waals surface area contributed by atoms with Gasteiger partial charge in [-0.25, -0.2) is 0 Å². The summed E-state index contributed by atoms with van der Waals surface area (Å²) in [6.07, 6.45) is 0. The third-order valence-corrected chi connectivity index (χ3v) is 7.64. The van der Waals surface area contributed by atoms with Crippen LogP contribution in [0.15, 0.2) is 0 Å². The third kappa shape index (κ3) is 13.8. The van der Waals surface area contributed by atoms with Gasteiger partial charge in [0.05, 0.1) is 37.3 Å². The molecule has 0 heterocycles. The lowest BCUT2D eigenvalue weighted by atomic mass is 10.9. The Morgan fingerprint density at radius 2 is 1.22 bits per heavy atom. The fourth-order valence-corrected chi connectivity index (χ4v) is 6.00. The van der Waals surface area contributed by atoms with E-state index in [0.29, 0.717) is 13.2 Å². The Morgan fingerprint density at radius 3 is 1.56 bits per heavy atom. The fraction of sp³-hybridized carbons (Fsp3) is 0.750. The summed E-state index contributed by atoms with van der Waals surface area (Å²) in [5, 5.41) is 0. The zero-order valence-electron chi connectivity index (χ0n) is 9.91. The van der Waals surface area contributed by atoms with Crippen molar-refractivity contribution in [3.8, 4) is 0 Å². The van der Waals surface area contributed by atoms with Crippen molar-refractivity contribution in [2.45, 2.75) is 13.8 Å². The van der Waals surface area contributed by atoms with E-state index in [-0.39, 0.29) is 8.89 Å². The zero-order valence-corrected chi connectivity index (χ0v) is 14.8. The summed E-state index contributed by atoms with van der Waals surface area (Å²) >= 11 is 1.74. The normalized spacial score (nSPS) is 10.6. The molecule has 0 unspecified atom stereocenters. The predicted molar refractivity (Wildman–Crippen MR) is 89.3 cm³/mol. The molecule has 0 fully saturated rings. The van der Waals surface area contributed by atoms with E-state index in [1.165, 1.54) is 43.2 Å². The first kappa shape index (κ1) is 19.4. The van der Waals surface area contributed by atoms with Crippen molar-refractivity contribution in [1.82, 2.24) is 0 Å². The van der Waals surface area contributed by atoms with Crippen molar-refractivity contribution in [3.63, 3.8) is 0 Å². The molecule has 18 heavy (non-hydrogen) atoms. The smallest absolute Gasteiger partial charge is 0.283 e. The lowest BCUT2D eigenvalue weighted by Crippen LogP contribution is -1.86. The number of hydrogen-bond acceptors (Lipinski definition) is 10. The highest BCUT2D eigenvalue weighted by atomic mass is 33.1. The van der Waals surface area contributed by atoms with Crippen LogP contribution in [0.5, 0.6) is 0 Å². The average Bonchev–Trinajstić information content (AvgIpc) is 2.37. The second kappa shape index (κ2) is 14.8. The maximum Gasteiger partial charge on any atom is 0.283 e. The molecule has 106 valence electrons. The molecule has 0 aromatic carbocycles. The molecule has 0 saturated heterocycles. The standard InChI is InChI=1S/C8H14O4S6/c1-3-11-15-7(9)17-13-5-6-14-18-8(10)16-12-4-2/h3-6H2,1-2H3. The van der Waals surface area contributed by atoms with Crippen LogP contribution in [-0.4, -0.2) is 33.6 Å². The van der Waals surface area contributed by atoms with Crippen LogP contribution in [0.2, 0.25) is 0 Å². The molecule has 0 N–H and O–H groups in total. The predicted octanol–water partition coefficient (Wildman–Crippen LogP) is 5.36. The Kier molecular flexibility index (Phi) is 15.9. The summed E-state index contributed by atoms with van der Waals surface area (Å²) in [5.41, 5.74) is 0. The Balaban J connectivity index is 3.25. The van der Waals surface area contributed by atoms with Crippen LogP contribution in [0.25, 0.3) is 0 Å². The van der Waals surface area contributed by atoms with Crippen LogP contribution >= 0.6 is 67.3 Å². The maximum atomic E-state index is 11.2. The highest BCUT2D eigenvalue weighted by molar-refractivity contribution is 8.87. The summed E-state index contributed by atoms with van der Waals surface area (Å²) in [6, 6.07) is 0. The molecule has 0 spiro atoms. The van der Waals surface area contributed by atoms with E-state index in [0.717, 1.165) is 35.6 Å². The molecule has 0 aromatic heterocycles. The Labute approximate surface area is 132 Å². The minimum atomic E-state index is -0.0533. The molecular weight excluding hydrogens is 352 g/mol. The number of hydrogen-bond donors (Lipinski definition) is 0. The van der Waals surface area contributed by atoms with Crippen LogP contribution in [0, 0.1) is 0 Å². The number of rotatable bonds is 9. The van der Waals surface area contributed by atoms with Crippen molar-refractivity contribution in [3.05, 3.63) is 0 Å². The van der Waals surface area contributed by atoms with E-state index < -0.39 is 0 Å². The van der Waals surface area contributed by atoms with Crippen LogP contribution in [0.1, 0.15) is 13.8 Å². The van der Waals surface area contributed by atoms with Gasteiger partial charge >= 0.3 is 0 Å². The van der Waals surface area contributed by atoms with Gasteiger partial charge in [0, 0.05) is 11.5 Å². The first-order valence-corrected chi connectivity index (χ1v) is 11.1. The monoisotopic (exact) mass is 366 g/mol. The summed E-state index contributed by atoms with van der Waals surface area (Å²) < 4.78 is 9.70. The van der Waals surface area contributed by atoms with Gasteiger partial charge in [0.15, 0.2) is 0 Å². The van der Waals surface area contributed by atoms with Gasteiger partial charge in [-0.1, -0.05) is 21.6 Å². The molecule has 0 aromatic rings. The molecule has 0 amide bonds. The zero-order chi connectivity index (χ0) is 13.6. The number of carbonyl (C=O) groups is 2. The van der Waals surface area contributed by atoms with Gasteiger partial charge in [0.1, 0.15) is 0 Å². The summed E-state index contributed by atoms with van der Waals surface area (Å²) in [7, 11) is 5.26. The average molecular weight is 367 g/mol. The Bertz CT molecular complexity index is 216. The molecule has 0 aliphatic carbocycles. The Hall–Kier alpha value is 1.36. The van der Waals surface area contributed by atoms with E-state index >= 15 is 0 Å². The lowest BCUT2D eigenvalue weighted by Gasteiger charge is -2.00. The highest BCUT2D eigenvalue weighted by Crippen LogP contribution is 2.33. The van der Waals surface area contributed by atoms with Gasteiger partial charge in [-0.3, -0.25) is 9.59 Å². The SMILES string of the molecule is CCOSC(=O)SSCCSSC(=O)SOCC. The summed E-state index contributed by atoms with van der Waals surface area (Å²) in [5.74, 6) is 1.60. The first-order chi connectivity index (χ1) is 8.70. The summed E-state index contributed by atoms with van der Waals surface area (Å²) in [6.45, 7) is 4.72. The van der Waals surface area contributed by atoms with Crippen molar-refractivity contribution in [1.29, 1.82) is 0 Å². The lowest BCUT2D eigenvalue weighted by molar-refractivity contribution is 0.274. The number of carbonyl (C=O) groups excluding carboxylic acids is 2. The van der Waals surface area contributed by atoms with Gasteiger partial charge in [-0.15, -0.1) is 0 Å². The minimum absolute atomic E-state index is 0.0533. The van der Waals surface area contributed by atoms with E-state index in [1.807, 2.05) is 13.8 Å². The molecule has 10 heteroatoms. The second-order valence-electron chi connectivity index (χ2n) is 2.29. The van der Waals surface area contributed by atoms with E-state index in [4.69, 9.17) is 8.37 Å². The fourth-order valence-electron chi connectivity index (χ4n) is 0.489. The third-order valence-electron chi connectivity index (χ3n) is 0.994. The molecule has 0 radical (unpaired) electrons. The van der Waals surface area contributed by atoms with Crippen molar-refractivity contribution < 1.29 is 18.0 Å². The molecule has 0 aliphatic heterocycles. The second-order valence-corrected chi connectivity index (χ2v) is 9.13. The van der Waals surface area contributed by atoms with Gasteiger partial charge in [-0.2, -0.15) is 0 Å². The first-order valence-electron chi connectivity index (χ1n) is 4.96. The van der Waals surface area contributed by atoms with Gasteiger partial charge in [-0.05, 0) is 35.4 Å². The van der Waals surface area contributed by atoms with E-state index in [9.17, 15) is 9.59 Å². The van der Waals surface area contributed by atoms with Gasteiger partial charge < -0.3 is 8.37 Å². The molecule has 0 bridgehead atoms. The van der Waals surface area contributed by atoms with Crippen LogP contribution < -0.4 is 0 Å². The van der Waals surface area contributed by atoms with Crippen LogP contribution in [-0.2, 0) is 8.37 Å². The molecule has 0 aliphatic rings.